The van der Waals surface area contributed by atoms with Crippen LogP contribution in [-0.4, -0.2) is 17.3 Å². The highest BCUT2D eigenvalue weighted by Gasteiger charge is 2.10. The molecule has 1 N–H and O–H groups in total. The van der Waals surface area contributed by atoms with Gasteiger partial charge in [0.05, 0.1) is 0 Å². The number of rotatable bonds is 6. The minimum atomic E-state index is 0.351. The van der Waals surface area contributed by atoms with Gasteiger partial charge in [0.2, 0.25) is 0 Å². The third kappa shape index (κ3) is 4.37. The number of aryl methyl sites for hydroxylation is 1. The maximum Gasteiger partial charge on any atom is 0.0430 e. The van der Waals surface area contributed by atoms with Gasteiger partial charge in [-0.25, -0.2) is 0 Å². The van der Waals surface area contributed by atoms with E-state index in [1.165, 1.54) is 16.0 Å². The Labute approximate surface area is 119 Å². The van der Waals surface area contributed by atoms with Gasteiger partial charge >= 0.3 is 0 Å². The van der Waals surface area contributed by atoms with E-state index in [9.17, 15) is 0 Å². The Bertz CT molecular complexity index is 499. The molecule has 0 saturated carbocycles. The fourth-order valence-electron chi connectivity index (χ4n) is 1.99. The van der Waals surface area contributed by atoms with Gasteiger partial charge in [0.25, 0.3) is 0 Å². The average molecular weight is 272 g/mol. The van der Waals surface area contributed by atoms with Crippen molar-refractivity contribution >= 4 is 11.8 Å². The van der Waals surface area contributed by atoms with Gasteiger partial charge in [-0.1, -0.05) is 30.7 Å². The molecule has 2 nitrogen and oxygen atoms in total. The van der Waals surface area contributed by atoms with Crippen LogP contribution >= 0.6 is 11.8 Å². The van der Waals surface area contributed by atoms with Crippen LogP contribution in [-0.2, 0) is 0 Å². The summed E-state index contributed by atoms with van der Waals surface area (Å²) in [5.41, 5.74) is 2.57. The molecule has 2 aromatic rings. The van der Waals surface area contributed by atoms with Crippen molar-refractivity contribution in [3.8, 4) is 0 Å². The number of aromatic nitrogens is 1. The van der Waals surface area contributed by atoms with Gasteiger partial charge in [-0.15, -0.1) is 11.8 Å². The van der Waals surface area contributed by atoms with Gasteiger partial charge in [0.15, 0.2) is 0 Å². The molecule has 3 heteroatoms. The first kappa shape index (κ1) is 14.1. The van der Waals surface area contributed by atoms with E-state index in [0.717, 1.165) is 12.3 Å². The molecule has 19 heavy (non-hydrogen) atoms. The smallest absolute Gasteiger partial charge is 0.0430 e. The van der Waals surface area contributed by atoms with Gasteiger partial charge in [-0.05, 0) is 37.2 Å². The Morgan fingerprint density at radius 3 is 2.84 bits per heavy atom. The molecule has 0 saturated heterocycles. The van der Waals surface area contributed by atoms with E-state index in [0.29, 0.717) is 6.04 Å². The van der Waals surface area contributed by atoms with Gasteiger partial charge in [-0.3, -0.25) is 4.98 Å². The minimum Gasteiger partial charge on any atom is -0.309 e. The second kappa shape index (κ2) is 7.31. The normalized spacial score (nSPS) is 12.3. The van der Waals surface area contributed by atoms with Crippen molar-refractivity contribution in [2.24, 2.45) is 0 Å². The molecule has 0 aliphatic rings. The van der Waals surface area contributed by atoms with Crippen LogP contribution in [0, 0.1) is 6.92 Å². The first-order chi connectivity index (χ1) is 9.29. The zero-order valence-corrected chi connectivity index (χ0v) is 12.3. The van der Waals surface area contributed by atoms with Crippen LogP contribution in [0.3, 0.4) is 0 Å². The molecular formula is C16H20N2S. The van der Waals surface area contributed by atoms with Crippen LogP contribution in [0.1, 0.15) is 24.1 Å². The molecule has 1 atom stereocenters. The molecule has 0 amide bonds. The summed E-state index contributed by atoms with van der Waals surface area (Å²) in [5, 5.41) is 3.52. The van der Waals surface area contributed by atoms with Crippen molar-refractivity contribution in [2.75, 3.05) is 12.3 Å². The van der Waals surface area contributed by atoms with Crippen LogP contribution in [0.5, 0.6) is 0 Å². The summed E-state index contributed by atoms with van der Waals surface area (Å²) in [6, 6.07) is 13.1. The lowest BCUT2D eigenvalue weighted by molar-refractivity contribution is 0.604. The van der Waals surface area contributed by atoms with Crippen LogP contribution in [0.4, 0.5) is 0 Å². The molecule has 1 unspecified atom stereocenters. The summed E-state index contributed by atoms with van der Waals surface area (Å²) < 4.78 is 0. The second-order valence-corrected chi connectivity index (χ2v) is 5.62. The Balaban J connectivity index is 2.01. The second-order valence-electron chi connectivity index (χ2n) is 4.52. The SMILES string of the molecule is CCNC(CSc1cccc(C)c1)c1cccnc1. The van der Waals surface area contributed by atoms with Gasteiger partial charge in [-0.2, -0.15) is 0 Å². The molecule has 0 aliphatic carbocycles. The van der Waals surface area contributed by atoms with Crippen LogP contribution in [0.2, 0.25) is 0 Å². The fraction of sp³-hybridized carbons (Fsp3) is 0.312. The highest BCUT2D eigenvalue weighted by Crippen LogP contribution is 2.25. The molecule has 1 heterocycles. The lowest BCUT2D eigenvalue weighted by atomic mass is 10.1. The molecule has 1 aromatic heterocycles. The lowest BCUT2D eigenvalue weighted by Gasteiger charge is -2.17. The molecule has 0 fully saturated rings. The Morgan fingerprint density at radius 1 is 1.26 bits per heavy atom. The number of thioether (sulfide) groups is 1. The van der Waals surface area contributed by atoms with Crippen molar-refractivity contribution in [3.05, 3.63) is 59.9 Å². The predicted octanol–water partition coefficient (Wildman–Crippen LogP) is 3.83. The summed E-state index contributed by atoms with van der Waals surface area (Å²) in [6.07, 6.45) is 3.77. The molecule has 0 radical (unpaired) electrons. The number of benzene rings is 1. The van der Waals surface area contributed by atoms with E-state index in [1.807, 2.05) is 30.2 Å². The highest BCUT2D eigenvalue weighted by atomic mass is 32.2. The summed E-state index contributed by atoms with van der Waals surface area (Å²) in [7, 11) is 0. The monoisotopic (exact) mass is 272 g/mol. The summed E-state index contributed by atoms with van der Waals surface area (Å²) >= 11 is 1.89. The molecule has 0 bridgehead atoms. The van der Waals surface area contributed by atoms with E-state index in [1.54, 1.807) is 0 Å². The minimum absolute atomic E-state index is 0.351. The zero-order valence-electron chi connectivity index (χ0n) is 11.5. The maximum atomic E-state index is 4.21. The van der Waals surface area contributed by atoms with Gasteiger partial charge in [0, 0.05) is 29.1 Å². The first-order valence-corrected chi connectivity index (χ1v) is 7.61. The standard InChI is InChI=1S/C16H20N2S/c1-3-18-16(14-7-5-9-17-11-14)12-19-15-8-4-6-13(2)10-15/h4-11,16,18H,3,12H2,1-2H3. The number of nitrogens with zero attached hydrogens (tertiary/aromatic N) is 1. The van der Waals surface area contributed by atoms with E-state index in [4.69, 9.17) is 0 Å². The quantitative estimate of drug-likeness (QED) is 0.809. The van der Waals surface area contributed by atoms with Crippen molar-refractivity contribution < 1.29 is 0 Å². The van der Waals surface area contributed by atoms with E-state index < -0.39 is 0 Å². The topological polar surface area (TPSA) is 24.9 Å². The summed E-state index contributed by atoms with van der Waals surface area (Å²) in [5.74, 6) is 1.02. The van der Waals surface area contributed by atoms with Gasteiger partial charge < -0.3 is 5.32 Å². The molecule has 1 aromatic carbocycles. The van der Waals surface area contributed by atoms with Gasteiger partial charge in [0.1, 0.15) is 0 Å². The van der Waals surface area contributed by atoms with Crippen molar-refractivity contribution in [2.45, 2.75) is 24.8 Å². The number of nitrogens with one attached hydrogen (secondary N) is 1. The third-order valence-electron chi connectivity index (χ3n) is 2.94. The molecule has 2 rings (SSSR count). The van der Waals surface area contributed by atoms with Crippen LogP contribution < -0.4 is 5.32 Å². The molecule has 0 aliphatic heterocycles. The fourth-order valence-corrected chi connectivity index (χ4v) is 3.10. The first-order valence-electron chi connectivity index (χ1n) is 6.62. The zero-order chi connectivity index (χ0) is 13.5. The molecular weight excluding hydrogens is 252 g/mol. The summed E-state index contributed by atoms with van der Waals surface area (Å²) in [4.78, 5) is 5.53. The number of hydrogen-bond acceptors (Lipinski definition) is 3. The van der Waals surface area contributed by atoms with Crippen LogP contribution in [0.25, 0.3) is 0 Å². The van der Waals surface area contributed by atoms with Crippen LogP contribution in [0.15, 0.2) is 53.7 Å². The van der Waals surface area contributed by atoms with Crippen molar-refractivity contribution in [3.63, 3.8) is 0 Å². The molecule has 0 spiro atoms. The van der Waals surface area contributed by atoms with E-state index >= 15 is 0 Å². The van der Waals surface area contributed by atoms with Crippen molar-refractivity contribution in [1.29, 1.82) is 0 Å². The Morgan fingerprint density at radius 2 is 2.16 bits per heavy atom. The summed E-state index contributed by atoms with van der Waals surface area (Å²) in [6.45, 7) is 5.24. The van der Waals surface area contributed by atoms with E-state index in [-0.39, 0.29) is 0 Å². The highest BCUT2D eigenvalue weighted by molar-refractivity contribution is 7.99. The lowest BCUT2D eigenvalue weighted by Crippen LogP contribution is -2.23. The Kier molecular flexibility index (Phi) is 5.43. The Hall–Kier alpha value is -1.32. The maximum absolute atomic E-state index is 4.21. The predicted molar refractivity (Wildman–Crippen MR) is 82.6 cm³/mol. The number of pyridine rings is 1. The van der Waals surface area contributed by atoms with E-state index in [2.05, 4.69) is 54.5 Å². The molecule has 100 valence electrons. The largest absolute Gasteiger partial charge is 0.309 e. The average Bonchev–Trinajstić information content (AvgIpc) is 2.44. The van der Waals surface area contributed by atoms with Crippen molar-refractivity contribution in [1.82, 2.24) is 10.3 Å². The number of hydrogen-bond donors (Lipinski definition) is 1. The third-order valence-corrected chi connectivity index (χ3v) is 4.03.